The van der Waals surface area contributed by atoms with Crippen molar-refractivity contribution in [3.63, 3.8) is 0 Å². The van der Waals surface area contributed by atoms with Gasteiger partial charge in [-0.15, -0.1) is 11.8 Å². The van der Waals surface area contributed by atoms with Gasteiger partial charge in [0.15, 0.2) is 0 Å². The molecule has 0 aromatic rings. The van der Waals surface area contributed by atoms with Crippen molar-refractivity contribution >= 4 is 11.8 Å². The maximum atomic E-state index is 7.55. The van der Waals surface area contributed by atoms with Gasteiger partial charge in [-0.25, -0.2) is 0 Å². The van der Waals surface area contributed by atoms with Gasteiger partial charge >= 0.3 is 0 Å². The van der Waals surface area contributed by atoms with Crippen LogP contribution in [-0.2, 0) is 0 Å². The van der Waals surface area contributed by atoms with Crippen molar-refractivity contribution in [1.29, 1.82) is 0 Å². The van der Waals surface area contributed by atoms with Gasteiger partial charge in [-0.2, -0.15) is 0 Å². The summed E-state index contributed by atoms with van der Waals surface area (Å²) in [5, 5.41) is 0.756. The highest BCUT2D eigenvalue weighted by Crippen LogP contribution is 2.12. The molecule has 0 fully saturated rings. The Morgan fingerprint density at radius 3 is 2.73 bits per heavy atom. The van der Waals surface area contributed by atoms with Gasteiger partial charge in [0.25, 0.3) is 0 Å². The van der Waals surface area contributed by atoms with E-state index in [-0.39, 0.29) is 0 Å². The molecule has 0 spiro atoms. The molecule has 0 aromatic carbocycles. The summed E-state index contributed by atoms with van der Waals surface area (Å²) in [6, 6.07) is 0. The first-order valence-corrected chi connectivity index (χ1v) is 5.65. The lowest BCUT2D eigenvalue weighted by molar-refractivity contribution is 0.665. The minimum atomic E-state index is 0.756. The largest absolute Gasteiger partial charge is 0.138 e. The Labute approximate surface area is 76.9 Å². The van der Waals surface area contributed by atoms with E-state index in [2.05, 4.69) is 13.8 Å². The second-order valence-corrected chi connectivity index (χ2v) is 3.51. The lowest BCUT2D eigenvalue weighted by atomic mass is 10.1. The average Bonchev–Trinajstić information content (AvgIpc) is 2.10. The van der Waals surface area contributed by atoms with Crippen LogP contribution in [0.3, 0.4) is 0 Å². The molecule has 0 amide bonds. The topological polar surface area (TPSA) is 0 Å². The maximum Gasteiger partial charge on any atom is 0.0696 e. The van der Waals surface area contributed by atoms with Gasteiger partial charge in [0.2, 0.25) is 0 Å². The molecule has 0 bridgehead atoms. The highest BCUT2D eigenvalue weighted by molar-refractivity contribution is 8.01. The molecule has 66 valence electrons. The van der Waals surface area contributed by atoms with Crippen LogP contribution in [0.1, 0.15) is 47.3 Å². The summed E-state index contributed by atoms with van der Waals surface area (Å²) in [5.74, 6) is 0. The molecule has 0 aliphatic heterocycles. The fourth-order valence-corrected chi connectivity index (χ4v) is 1.49. The van der Waals surface area contributed by atoms with Gasteiger partial charge in [-0.1, -0.05) is 31.8 Å². The van der Waals surface area contributed by atoms with Crippen molar-refractivity contribution in [3.8, 4) is 0 Å². The van der Waals surface area contributed by atoms with Crippen LogP contribution in [0.25, 0.3) is 0 Å². The van der Waals surface area contributed by atoms with E-state index in [1.54, 1.807) is 11.8 Å². The Morgan fingerprint density at radius 1 is 1.45 bits per heavy atom. The zero-order valence-electron chi connectivity index (χ0n) is 8.94. The Bertz CT molecular complexity index is 141. The molecular weight excluding hydrogens is 152 g/mol. The molecule has 1 heteroatoms. The Balaban J connectivity index is 3.49. The summed E-state index contributed by atoms with van der Waals surface area (Å²) in [6.45, 7) is 4.30. The third-order valence-electron chi connectivity index (χ3n) is 1.68. The highest BCUT2D eigenvalue weighted by Gasteiger charge is 1.89. The van der Waals surface area contributed by atoms with Gasteiger partial charge in [0.05, 0.1) is 1.37 Å². The van der Waals surface area contributed by atoms with E-state index < -0.39 is 0 Å². The third kappa shape index (κ3) is 7.99. The van der Waals surface area contributed by atoms with Gasteiger partial charge in [0.1, 0.15) is 0 Å². The van der Waals surface area contributed by atoms with Crippen molar-refractivity contribution in [1.82, 2.24) is 0 Å². The van der Waals surface area contributed by atoms with Crippen molar-refractivity contribution < 1.29 is 1.37 Å². The zero-order chi connectivity index (χ0) is 9.40. The summed E-state index contributed by atoms with van der Waals surface area (Å²) in [4.78, 5) is 0. The maximum absolute atomic E-state index is 7.55. The first-order valence-electron chi connectivity index (χ1n) is 4.92. The van der Waals surface area contributed by atoms with Crippen LogP contribution < -0.4 is 0 Å². The fraction of sp³-hybridized carbons (Fsp3) is 0.800. The molecule has 0 atom stereocenters. The number of allylic oxidation sites excluding steroid dienone is 1. The molecule has 11 heavy (non-hydrogen) atoms. The van der Waals surface area contributed by atoms with E-state index >= 15 is 0 Å². The first-order chi connectivity index (χ1) is 5.72. The summed E-state index contributed by atoms with van der Waals surface area (Å²) in [5.41, 5.74) is 1.25. The number of hydrogen-bond acceptors (Lipinski definition) is 1. The van der Waals surface area contributed by atoms with Gasteiger partial charge < -0.3 is 0 Å². The molecule has 0 unspecified atom stereocenters. The second-order valence-electron chi connectivity index (χ2n) is 2.90. The molecule has 0 nitrogen and oxygen atoms in total. The van der Waals surface area contributed by atoms with Gasteiger partial charge in [-0.05, 0) is 31.4 Å². The van der Waals surface area contributed by atoms with Gasteiger partial charge in [0, 0.05) is 0 Å². The molecule has 0 N–H and O–H groups in total. The Morgan fingerprint density at radius 2 is 2.18 bits per heavy atom. The first kappa shape index (κ1) is 9.18. The molecule has 0 saturated carbocycles. The van der Waals surface area contributed by atoms with Crippen molar-refractivity contribution in [3.05, 3.63) is 11.0 Å². The van der Waals surface area contributed by atoms with Gasteiger partial charge in [-0.3, -0.25) is 0 Å². The average molecular weight is 173 g/mol. The monoisotopic (exact) mass is 173 g/mol. The van der Waals surface area contributed by atoms with Crippen LogP contribution in [0, 0.1) is 0 Å². The van der Waals surface area contributed by atoms with Crippen molar-refractivity contribution in [2.45, 2.75) is 46.0 Å². The predicted molar refractivity (Wildman–Crippen MR) is 56.0 cm³/mol. The number of unbranched alkanes of at least 4 members (excludes halogenated alkanes) is 3. The minimum absolute atomic E-state index is 0.756. The quantitative estimate of drug-likeness (QED) is 0.542. The normalized spacial score (nSPS) is 14.3. The molecule has 0 aliphatic carbocycles. The lowest BCUT2D eigenvalue weighted by Crippen LogP contribution is -1.78. The van der Waals surface area contributed by atoms with Crippen LogP contribution in [0.15, 0.2) is 11.0 Å². The lowest BCUT2D eigenvalue weighted by Gasteiger charge is -1.99. The van der Waals surface area contributed by atoms with Crippen LogP contribution in [0.2, 0.25) is 0 Å². The summed E-state index contributed by atoms with van der Waals surface area (Å²) >= 11 is 1.54. The third-order valence-corrected chi connectivity index (χ3v) is 2.23. The summed E-state index contributed by atoms with van der Waals surface area (Å²) < 4.78 is 7.55. The van der Waals surface area contributed by atoms with E-state index in [4.69, 9.17) is 1.37 Å². The molecule has 0 saturated heterocycles. The van der Waals surface area contributed by atoms with E-state index in [9.17, 15) is 0 Å². The molecule has 0 radical (unpaired) electrons. The number of hydrogen-bond donors (Lipinski definition) is 0. The minimum Gasteiger partial charge on any atom is -0.138 e. The summed E-state index contributed by atoms with van der Waals surface area (Å²) in [6.07, 6.45) is 8.27. The van der Waals surface area contributed by atoms with Crippen molar-refractivity contribution in [2.75, 3.05) is 6.26 Å². The molecular formula is C10H20S. The fourth-order valence-electron chi connectivity index (χ4n) is 1.04. The molecule has 0 aliphatic rings. The van der Waals surface area contributed by atoms with E-state index in [1.807, 2.05) is 6.26 Å². The van der Waals surface area contributed by atoms with Crippen LogP contribution in [-0.4, -0.2) is 6.26 Å². The molecule has 0 aromatic heterocycles. The van der Waals surface area contributed by atoms with Crippen LogP contribution in [0.5, 0.6) is 0 Å². The van der Waals surface area contributed by atoms with E-state index in [0.29, 0.717) is 0 Å². The SMILES string of the molecule is [2H]/C(SC)=C(\C)CCCCCC. The van der Waals surface area contributed by atoms with E-state index in [0.717, 1.165) is 11.8 Å². The smallest absolute Gasteiger partial charge is 0.0696 e. The standard InChI is InChI=1S/C10H20S/c1-4-5-6-7-8-10(2)9-11-3/h9H,4-8H2,1-3H3/b10-9-/i9D. The molecule has 0 rings (SSSR count). The predicted octanol–water partition coefficient (Wildman–Crippen LogP) is 4.22. The highest BCUT2D eigenvalue weighted by atomic mass is 32.2. The van der Waals surface area contributed by atoms with Crippen molar-refractivity contribution in [2.24, 2.45) is 0 Å². The van der Waals surface area contributed by atoms with Crippen LogP contribution in [0.4, 0.5) is 0 Å². The van der Waals surface area contributed by atoms with Crippen LogP contribution >= 0.6 is 11.8 Å². The number of rotatable bonds is 6. The summed E-state index contributed by atoms with van der Waals surface area (Å²) in [7, 11) is 0. The van der Waals surface area contributed by atoms with E-state index in [1.165, 1.54) is 31.3 Å². The molecule has 0 heterocycles. The Kier molecular flexibility index (Phi) is 6.83. The second kappa shape index (κ2) is 8.19. The number of thioether (sulfide) groups is 1. The zero-order valence-corrected chi connectivity index (χ0v) is 8.76. The Hall–Kier alpha value is 0.0900.